The molecule has 2 saturated heterocycles. The van der Waals surface area contributed by atoms with Gasteiger partial charge in [0.15, 0.2) is 0 Å². The summed E-state index contributed by atoms with van der Waals surface area (Å²) in [6.07, 6.45) is 7.29. The molecule has 2 aliphatic heterocycles. The summed E-state index contributed by atoms with van der Waals surface area (Å²) in [5.41, 5.74) is 6.98. The molecule has 20 heavy (non-hydrogen) atoms. The van der Waals surface area contributed by atoms with Crippen LogP contribution in [0.3, 0.4) is 0 Å². The Kier molecular flexibility index (Phi) is 3.01. The molecule has 2 unspecified atom stereocenters. The third-order valence-electron chi connectivity index (χ3n) is 4.90. The van der Waals surface area contributed by atoms with E-state index < -0.39 is 0 Å². The van der Waals surface area contributed by atoms with Gasteiger partial charge in [0.25, 0.3) is 0 Å². The lowest BCUT2D eigenvalue weighted by atomic mass is 9.58. The molecule has 0 aromatic carbocycles. The van der Waals surface area contributed by atoms with Gasteiger partial charge in [-0.3, -0.25) is 4.98 Å². The van der Waals surface area contributed by atoms with Crippen molar-refractivity contribution in [2.45, 2.75) is 46.1 Å². The topological polar surface area (TPSA) is 55.0 Å². The highest BCUT2D eigenvalue weighted by Crippen LogP contribution is 2.53. The van der Waals surface area contributed by atoms with Crippen LogP contribution in [-0.2, 0) is 0 Å². The van der Waals surface area contributed by atoms with Crippen molar-refractivity contribution in [3.05, 3.63) is 18.1 Å². The quantitative estimate of drug-likeness (QED) is 0.848. The molecule has 0 spiro atoms. The second-order valence-corrected chi connectivity index (χ2v) is 7.72. The summed E-state index contributed by atoms with van der Waals surface area (Å²) in [5.74, 6) is 0.916. The Bertz CT molecular complexity index is 554. The van der Waals surface area contributed by atoms with Crippen molar-refractivity contribution in [2.75, 3.05) is 11.4 Å². The molecule has 0 amide bonds. The molecule has 4 nitrogen and oxygen atoms in total. The molecule has 1 aromatic rings. The van der Waals surface area contributed by atoms with Crippen LogP contribution in [0.2, 0.25) is 0 Å². The van der Waals surface area contributed by atoms with Gasteiger partial charge >= 0.3 is 0 Å². The number of nitrogens with zero attached hydrogens (tertiary/aromatic N) is 3. The third-order valence-corrected chi connectivity index (χ3v) is 5.11. The third kappa shape index (κ3) is 2.18. The maximum atomic E-state index is 5.68. The maximum Gasteiger partial charge on any atom is 0.148 e. The van der Waals surface area contributed by atoms with Crippen LogP contribution in [0.25, 0.3) is 0 Å². The summed E-state index contributed by atoms with van der Waals surface area (Å²) in [6, 6.07) is 0.528. The second kappa shape index (κ2) is 4.38. The molecule has 3 heterocycles. The Labute approximate surface area is 125 Å². The molecule has 4 rings (SSSR count). The van der Waals surface area contributed by atoms with E-state index in [1.54, 1.807) is 6.20 Å². The zero-order valence-electron chi connectivity index (χ0n) is 12.4. The van der Waals surface area contributed by atoms with Crippen molar-refractivity contribution in [1.29, 1.82) is 0 Å². The Morgan fingerprint density at radius 3 is 2.75 bits per heavy atom. The van der Waals surface area contributed by atoms with E-state index in [2.05, 4.69) is 35.6 Å². The van der Waals surface area contributed by atoms with Crippen LogP contribution >= 0.6 is 12.2 Å². The maximum absolute atomic E-state index is 5.68. The molecule has 1 saturated carbocycles. The molecular formula is C15H22N4S. The van der Waals surface area contributed by atoms with Crippen molar-refractivity contribution < 1.29 is 0 Å². The summed E-state index contributed by atoms with van der Waals surface area (Å²) in [7, 11) is 0. The molecule has 2 bridgehead atoms. The lowest BCUT2D eigenvalue weighted by Crippen LogP contribution is -2.61. The predicted octanol–water partition coefficient (Wildman–Crippen LogP) is 2.52. The molecule has 0 radical (unpaired) electrons. The van der Waals surface area contributed by atoms with E-state index in [4.69, 9.17) is 18.0 Å². The van der Waals surface area contributed by atoms with Gasteiger partial charge in [0, 0.05) is 12.6 Å². The normalized spacial score (nSPS) is 31.4. The van der Waals surface area contributed by atoms with E-state index in [0.717, 1.165) is 12.4 Å². The molecular weight excluding hydrogens is 268 g/mol. The average Bonchev–Trinajstić information content (AvgIpc) is 2.36. The fourth-order valence-corrected chi connectivity index (χ4v) is 4.37. The van der Waals surface area contributed by atoms with Gasteiger partial charge < -0.3 is 10.6 Å². The smallest absolute Gasteiger partial charge is 0.148 e. The zero-order valence-corrected chi connectivity index (χ0v) is 13.2. The number of piperidine rings is 2. The van der Waals surface area contributed by atoms with Crippen LogP contribution in [0.15, 0.2) is 12.4 Å². The van der Waals surface area contributed by atoms with Crippen molar-refractivity contribution in [3.63, 3.8) is 0 Å². The molecule has 3 aliphatic rings. The lowest BCUT2D eigenvalue weighted by molar-refractivity contribution is 0.0301. The molecule has 3 fully saturated rings. The minimum atomic E-state index is 0.312. The Morgan fingerprint density at radius 1 is 1.40 bits per heavy atom. The molecule has 108 valence electrons. The van der Waals surface area contributed by atoms with Crippen molar-refractivity contribution in [3.8, 4) is 0 Å². The first kappa shape index (κ1) is 13.7. The highest BCUT2D eigenvalue weighted by molar-refractivity contribution is 7.80. The SMILES string of the molecule is CC12CCC(N(c3cncc(C(N)=S)n3)C1)C(C)(C)C2. The summed E-state index contributed by atoms with van der Waals surface area (Å²) >= 11 is 5.01. The van der Waals surface area contributed by atoms with Crippen LogP contribution in [0.1, 0.15) is 45.7 Å². The first-order valence-electron chi connectivity index (χ1n) is 7.19. The van der Waals surface area contributed by atoms with Gasteiger partial charge in [-0.25, -0.2) is 4.98 Å². The van der Waals surface area contributed by atoms with Gasteiger partial charge in [0.2, 0.25) is 0 Å². The van der Waals surface area contributed by atoms with E-state index in [1.807, 2.05) is 6.20 Å². The molecule has 5 heteroatoms. The number of anilines is 1. The Morgan fingerprint density at radius 2 is 2.15 bits per heavy atom. The van der Waals surface area contributed by atoms with Crippen molar-refractivity contribution in [1.82, 2.24) is 9.97 Å². The molecule has 1 aromatic heterocycles. The van der Waals surface area contributed by atoms with Crippen LogP contribution in [0, 0.1) is 10.8 Å². The standard InChI is InChI=1S/C15H22N4S/c1-14(2)8-15(3)5-4-11(14)19(9-15)12-7-17-6-10(18-12)13(16)20/h6-7,11H,4-5,8-9H2,1-3H3,(H2,16,20). The van der Waals surface area contributed by atoms with E-state index in [1.165, 1.54) is 19.3 Å². The molecule has 2 N–H and O–H groups in total. The zero-order chi connectivity index (χ0) is 14.5. The molecule has 1 aliphatic carbocycles. The Hall–Kier alpha value is -1.23. The van der Waals surface area contributed by atoms with Crippen LogP contribution in [0.4, 0.5) is 5.82 Å². The van der Waals surface area contributed by atoms with Gasteiger partial charge in [0.05, 0.1) is 12.4 Å². The fraction of sp³-hybridized carbons (Fsp3) is 0.667. The number of hydrogen-bond acceptors (Lipinski definition) is 4. The average molecular weight is 290 g/mol. The second-order valence-electron chi connectivity index (χ2n) is 7.29. The van der Waals surface area contributed by atoms with E-state index in [-0.39, 0.29) is 0 Å². The van der Waals surface area contributed by atoms with E-state index in [0.29, 0.717) is 27.6 Å². The number of fused-ring (bicyclic) bond motifs is 3. The van der Waals surface area contributed by atoms with Crippen LogP contribution in [0.5, 0.6) is 0 Å². The summed E-state index contributed by atoms with van der Waals surface area (Å²) in [4.78, 5) is 11.6. The summed E-state index contributed by atoms with van der Waals surface area (Å²) in [6.45, 7) is 8.18. The van der Waals surface area contributed by atoms with E-state index >= 15 is 0 Å². The number of aromatic nitrogens is 2. The fourth-order valence-electron chi connectivity index (χ4n) is 4.27. The van der Waals surface area contributed by atoms with Gasteiger partial charge in [0.1, 0.15) is 16.5 Å². The van der Waals surface area contributed by atoms with Gasteiger partial charge in [-0.1, -0.05) is 33.0 Å². The largest absolute Gasteiger partial charge is 0.388 e. The summed E-state index contributed by atoms with van der Waals surface area (Å²) < 4.78 is 0. The van der Waals surface area contributed by atoms with Gasteiger partial charge in [-0.2, -0.15) is 0 Å². The Balaban J connectivity index is 1.98. The van der Waals surface area contributed by atoms with E-state index in [9.17, 15) is 0 Å². The van der Waals surface area contributed by atoms with Crippen LogP contribution < -0.4 is 10.6 Å². The first-order valence-corrected chi connectivity index (χ1v) is 7.60. The van der Waals surface area contributed by atoms with Crippen LogP contribution in [-0.4, -0.2) is 27.5 Å². The van der Waals surface area contributed by atoms with Crippen molar-refractivity contribution >= 4 is 23.0 Å². The lowest BCUT2D eigenvalue weighted by Gasteiger charge is -2.59. The summed E-state index contributed by atoms with van der Waals surface area (Å²) in [5, 5.41) is 0. The van der Waals surface area contributed by atoms with Gasteiger partial charge in [-0.05, 0) is 30.1 Å². The minimum absolute atomic E-state index is 0.312. The number of nitrogens with two attached hydrogens (primary N) is 1. The number of hydrogen-bond donors (Lipinski definition) is 1. The number of rotatable bonds is 2. The molecule has 2 atom stereocenters. The number of thiocarbonyl (C=S) groups is 1. The first-order chi connectivity index (χ1) is 9.31. The highest BCUT2D eigenvalue weighted by atomic mass is 32.1. The predicted molar refractivity (Wildman–Crippen MR) is 84.8 cm³/mol. The van der Waals surface area contributed by atoms with Crippen molar-refractivity contribution in [2.24, 2.45) is 16.6 Å². The highest BCUT2D eigenvalue weighted by Gasteiger charge is 2.51. The monoisotopic (exact) mass is 290 g/mol. The minimum Gasteiger partial charge on any atom is -0.388 e. The van der Waals surface area contributed by atoms with Gasteiger partial charge in [-0.15, -0.1) is 0 Å².